The van der Waals surface area contributed by atoms with Crippen LogP contribution in [0.3, 0.4) is 0 Å². The Hall–Kier alpha value is 0.423. The molecule has 1 heterocycles. The van der Waals surface area contributed by atoms with Crippen molar-refractivity contribution < 1.29 is 45.1 Å². The van der Waals surface area contributed by atoms with Crippen LogP contribution in [0.25, 0.3) is 0 Å². The average molecular weight is 376 g/mol. The van der Waals surface area contributed by atoms with Crippen molar-refractivity contribution in [2.75, 3.05) is 0 Å². The van der Waals surface area contributed by atoms with E-state index in [2.05, 4.69) is 52.0 Å². The van der Waals surface area contributed by atoms with E-state index in [1.807, 2.05) is 6.56 Å². The summed E-state index contributed by atoms with van der Waals surface area (Å²) in [6.45, 7) is 9.50. The molecule has 0 radical (unpaired) electrons. The average Bonchev–Trinajstić information content (AvgIpc) is 2.87. The van der Waals surface area contributed by atoms with Crippen LogP contribution in [0.2, 0.25) is 8.26 Å². The summed E-state index contributed by atoms with van der Waals surface area (Å²) in [5.41, 5.74) is 3.23. The van der Waals surface area contributed by atoms with Gasteiger partial charge in [0.05, 0.1) is 0 Å². The molecule has 0 amide bonds. The Morgan fingerprint density at radius 1 is 0.842 bits per heavy atom. The fourth-order valence-corrected chi connectivity index (χ4v) is 20.6. The number of halogens is 2. The minimum Gasteiger partial charge on any atom is -1.00 e. The fraction of sp³-hybridized carbons (Fsp3) is 0.500. The molecular weight excluding hydrogens is 354 g/mol. The number of hydrogen-bond acceptors (Lipinski definition) is 0. The molecule has 2 aliphatic carbocycles. The molecule has 3 heteroatoms. The second-order valence-electron chi connectivity index (χ2n) is 6.07. The van der Waals surface area contributed by atoms with Crippen molar-refractivity contribution in [3.63, 3.8) is 0 Å². The number of allylic oxidation sites excluding steroid dienone is 8. The molecule has 2 atom stereocenters. The van der Waals surface area contributed by atoms with Crippen molar-refractivity contribution in [1.82, 2.24) is 0 Å². The van der Waals surface area contributed by atoms with E-state index in [4.69, 9.17) is 0 Å². The summed E-state index contributed by atoms with van der Waals surface area (Å²) in [5, 5.41) is 0. The van der Waals surface area contributed by atoms with E-state index >= 15 is 0 Å². The Morgan fingerprint density at radius 3 is 1.42 bits per heavy atom. The zero-order valence-electron chi connectivity index (χ0n) is 12.1. The third-order valence-corrected chi connectivity index (χ3v) is 17.7. The van der Waals surface area contributed by atoms with E-state index in [1.165, 1.54) is 0 Å². The monoisotopic (exact) mass is 374 g/mol. The van der Waals surface area contributed by atoms with Crippen LogP contribution in [0.4, 0.5) is 0 Å². The molecule has 1 saturated heterocycles. The zero-order chi connectivity index (χ0) is 12.2. The molecule has 0 saturated carbocycles. The van der Waals surface area contributed by atoms with E-state index < -0.39 is 20.3 Å². The van der Waals surface area contributed by atoms with Crippen molar-refractivity contribution in [3.05, 3.63) is 42.0 Å². The molecule has 0 nitrogen and oxygen atoms in total. The predicted octanol–water partition coefficient (Wildman–Crippen LogP) is -1.04. The summed E-state index contributed by atoms with van der Waals surface area (Å²) in [4.78, 5) is 0. The smallest absolute Gasteiger partial charge is 1.00 e. The second kappa shape index (κ2) is 6.04. The van der Waals surface area contributed by atoms with Crippen molar-refractivity contribution in [1.29, 1.82) is 0 Å². The van der Waals surface area contributed by atoms with Crippen molar-refractivity contribution in [2.45, 2.75) is 36.0 Å². The summed E-state index contributed by atoms with van der Waals surface area (Å²) in [5.74, 6) is 1.47. The second-order valence-corrected chi connectivity index (χ2v) is 16.5. The van der Waals surface area contributed by atoms with Gasteiger partial charge in [0.25, 0.3) is 0 Å². The predicted molar refractivity (Wildman–Crippen MR) is 71.6 cm³/mol. The van der Waals surface area contributed by atoms with Crippen molar-refractivity contribution >= 4 is 0 Å². The first-order valence-electron chi connectivity index (χ1n) is 6.85. The van der Waals surface area contributed by atoms with Gasteiger partial charge in [-0.15, -0.1) is 0 Å². The van der Waals surface area contributed by atoms with Gasteiger partial charge in [-0.25, -0.2) is 0 Å². The van der Waals surface area contributed by atoms with Gasteiger partial charge < -0.3 is 24.8 Å². The van der Waals surface area contributed by atoms with Crippen LogP contribution in [0.5, 0.6) is 0 Å². The summed E-state index contributed by atoms with van der Waals surface area (Å²) < 4.78 is 6.99. The molecule has 1 aliphatic heterocycles. The van der Waals surface area contributed by atoms with E-state index in [9.17, 15) is 0 Å². The Kier molecular flexibility index (Phi) is 5.56. The summed E-state index contributed by atoms with van der Waals surface area (Å²) in [6, 6.07) is 0. The Labute approximate surface area is 134 Å². The van der Waals surface area contributed by atoms with Gasteiger partial charge in [0.1, 0.15) is 0 Å². The Balaban J connectivity index is 0.000000902. The van der Waals surface area contributed by atoms with E-state index in [0.29, 0.717) is 0 Å². The summed E-state index contributed by atoms with van der Waals surface area (Å²) in [6.07, 6.45) is 9.59. The first-order chi connectivity index (χ1) is 8.06. The third kappa shape index (κ3) is 2.64. The SMILES string of the molecule is CC1=[C]([Zr+2]2([C]3=C(C)C=CC3C)[CH2][CH2]2)C(C)C=C1.[Cl-].[Cl-]. The largest absolute Gasteiger partial charge is 1.00 e. The van der Waals surface area contributed by atoms with Crippen LogP contribution in [0.1, 0.15) is 27.7 Å². The van der Waals surface area contributed by atoms with Gasteiger partial charge in [0.2, 0.25) is 0 Å². The molecule has 2 unspecified atom stereocenters. The molecule has 0 aromatic carbocycles. The van der Waals surface area contributed by atoms with Crippen LogP contribution in [-0.4, -0.2) is 0 Å². The summed E-state index contributed by atoms with van der Waals surface area (Å²) in [7, 11) is 0. The molecular formula is C16H22Cl2Zr. The minimum absolute atomic E-state index is 0. The van der Waals surface area contributed by atoms with E-state index in [-0.39, 0.29) is 24.8 Å². The molecule has 104 valence electrons. The van der Waals surface area contributed by atoms with Gasteiger partial charge in [0.15, 0.2) is 0 Å². The Bertz CT molecular complexity index is 451. The molecule has 0 bridgehead atoms. The molecule has 19 heavy (non-hydrogen) atoms. The van der Waals surface area contributed by atoms with Crippen molar-refractivity contribution in [3.8, 4) is 0 Å². The van der Waals surface area contributed by atoms with Crippen LogP contribution in [0.15, 0.2) is 42.0 Å². The molecule has 1 fully saturated rings. The maximum absolute atomic E-state index is 2.42. The van der Waals surface area contributed by atoms with Crippen LogP contribution in [-0.2, 0) is 20.3 Å². The van der Waals surface area contributed by atoms with Crippen LogP contribution in [0, 0.1) is 11.8 Å². The molecule has 0 aromatic rings. The molecule has 0 spiro atoms. The fourth-order valence-electron chi connectivity index (χ4n) is 4.10. The molecule has 3 rings (SSSR count). The van der Waals surface area contributed by atoms with Gasteiger partial charge >= 0.3 is 110 Å². The first-order valence-corrected chi connectivity index (χ1v) is 12.8. The third-order valence-electron chi connectivity index (χ3n) is 4.81. The van der Waals surface area contributed by atoms with Crippen LogP contribution < -0.4 is 24.8 Å². The van der Waals surface area contributed by atoms with Crippen molar-refractivity contribution in [2.24, 2.45) is 11.8 Å². The quantitative estimate of drug-likeness (QED) is 0.578. The van der Waals surface area contributed by atoms with Gasteiger partial charge in [-0.2, -0.15) is 0 Å². The van der Waals surface area contributed by atoms with E-state index in [1.54, 1.807) is 19.4 Å². The summed E-state index contributed by atoms with van der Waals surface area (Å²) >= 11 is -2.04. The number of rotatable bonds is 2. The van der Waals surface area contributed by atoms with Gasteiger partial charge in [-0.05, 0) is 0 Å². The topological polar surface area (TPSA) is 0 Å². The van der Waals surface area contributed by atoms with Gasteiger partial charge in [0, 0.05) is 0 Å². The zero-order valence-corrected chi connectivity index (χ0v) is 16.1. The van der Waals surface area contributed by atoms with Gasteiger partial charge in [-0.3, -0.25) is 0 Å². The molecule has 3 aliphatic rings. The van der Waals surface area contributed by atoms with Crippen LogP contribution >= 0.6 is 0 Å². The first kappa shape index (κ1) is 17.5. The maximum Gasteiger partial charge on any atom is -1.00 e. The maximum atomic E-state index is 2.42. The number of hydrogen-bond donors (Lipinski definition) is 0. The van der Waals surface area contributed by atoms with E-state index in [0.717, 1.165) is 11.8 Å². The minimum atomic E-state index is -2.04. The molecule has 0 aromatic heterocycles. The standard InChI is InChI=1S/2C7H9.C2H4.2ClH.Zr/c2*1-6-3-4-7(2)5-6;1-2;;;/h2*3-4,6H,1-2H3;1-2H2;2*1H;/q;;;;;+2/p-2. The molecule has 0 N–H and O–H groups in total. The normalized spacial score (nSPS) is 28.8. The Morgan fingerprint density at radius 2 is 1.21 bits per heavy atom. The van der Waals surface area contributed by atoms with Gasteiger partial charge in [-0.1, -0.05) is 0 Å².